The first-order valence-corrected chi connectivity index (χ1v) is 8.65. The second kappa shape index (κ2) is 6.89. The molecule has 1 aliphatic rings. The number of ether oxygens (including phenoxy) is 1. The zero-order valence-corrected chi connectivity index (χ0v) is 14.9. The predicted octanol–water partition coefficient (Wildman–Crippen LogP) is 2.67. The Labute approximate surface area is 142 Å². The van der Waals surface area contributed by atoms with Gasteiger partial charge in [0.25, 0.3) is 5.91 Å². The maximum Gasteiger partial charge on any atom is 0.256 e. The zero-order valence-electron chi connectivity index (χ0n) is 14.9. The van der Waals surface area contributed by atoms with Crippen molar-refractivity contribution in [3.05, 3.63) is 29.2 Å². The Morgan fingerprint density at radius 3 is 2.71 bits per heavy atom. The van der Waals surface area contributed by atoms with E-state index in [1.807, 2.05) is 19.9 Å². The number of hydrogen-bond acceptors (Lipinski definition) is 4. The average Bonchev–Trinajstić information content (AvgIpc) is 2.99. The Morgan fingerprint density at radius 2 is 2.04 bits per heavy atom. The van der Waals surface area contributed by atoms with E-state index in [9.17, 15) is 4.79 Å². The number of rotatable bonds is 4. The quantitative estimate of drug-likeness (QED) is 0.936. The molecule has 1 atom stereocenters. The number of methoxy groups -OCH3 is 1. The van der Waals surface area contributed by atoms with Crippen LogP contribution in [0.5, 0.6) is 0 Å². The molecule has 3 rings (SSSR count). The first kappa shape index (κ1) is 16.9. The topological polar surface area (TPSA) is 68.5 Å². The molecule has 1 fully saturated rings. The van der Waals surface area contributed by atoms with Crippen LogP contribution in [0.15, 0.2) is 12.3 Å². The molecule has 1 aliphatic carbocycles. The number of carbonyl (C=O) groups is 1. The highest BCUT2D eigenvalue weighted by atomic mass is 16.5. The molecular weight excluding hydrogens is 304 g/mol. The minimum Gasteiger partial charge on any atom is -0.381 e. The third kappa shape index (κ3) is 3.29. The lowest BCUT2D eigenvalue weighted by Crippen LogP contribution is -2.40. The Morgan fingerprint density at radius 1 is 1.33 bits per heavy atom. The van der Waals surface area contributed by atoms with Crippen molar-refractivity contribution in [3.63, 3.8) is 0 Å². The number of carbonyl (C=O) groups excluding carboxylic acids is 1. The van der Waals surface area contributed by atoms with Crippen LogP contribution < -0.4 is 5.32 Å². The van der Waals surface area contributed by atoms with E-state index in [2.05, 4.69) is 22.3 Å². The molecule has 6 nitrogen and oxygen atoms in total. The van der Waals surface area contributed by atoms with E-state index in [-0.39, 0.29) is 11.9 Å². The van der Waals surface area contributed by atoms with Gasteiger partial charge in [0, 0.05) is 24.5 Å². The molecule has 0 aromatic carbocycles. The molecule has 130 valence electrons. The molecule has 0 aliphatic heterocycles. The van der Waals surface area contributed by atoms with Gasteiger partial charge < -0.3 is 10.1 Å². The molecule has 6 heteroatoms. The number of hydrogen-bond donors (Lipinski definition) is 1. The Bertz CT molecular complexity index is 732. The summed E-state index contributed by atoms with van der Waals surface area (Å²) < 4.78 is 7.14. The second-order valence-electron chi connectivity index (χ2n) is 6.87. The summed E-state index contributed by atoms with van der Waals surface area (Å²) in [5.74, 6) is 0.405. The van der Waals surface area contributed by atoms with E-state index < -0.39 is 0 Å². The molecule has 0 bridgehead atoms. The van der Waals surface area contributed by atoms with Gasteiger partial charge in [-0.05, 0) is 58.4 Å². The lowest BCUT2D eigenvalue weighted by atomic mass is 9.83. The number of nitrogens with one attached hydrogen (secondary N) is 1. The van der Waals surface area contributed by atoms with Crippen LogP contribution in [-0.4, -0.2) is 39.8 Å². The van der Waals surface area contributed by atoms with Crippen LogP contribution in [0.4, 0.5) is 0 Å². The highest BCUT2D eigenvalue weighted by Gasteiger charge is 2.27. The SMILES string of the molecule is COC1CCC([C@@H](C)NC(=O)c2cnn3c(C)cc(C)nc23)CC1. The first-order chi connectivity index (χ1) is 11.5. The number of aromatic nitrogens is 3. The molecule has 1 N–H and O–H groups in total. The minimum absolute atomic E-state index is 0.0936. The Hall–Kier alpha value is -1.95. The summed E-state index contributed by atoms with van der Waals surface area (Å²) in [7, 11) is 1.78. The van der Waals surface area contributed by atoms with Gasteiger partial charge in [0.05, 0.1) is 12.3 Å². The minimum atomic E-state index is -0.0936. The maximum absolute atomic E-state index is 12.7. The van der Waals surface area contributed by atoms with E-state index in [0.717, 1.165) is 37.1 Å². The molecule has 1 amide bonds. The summed E-state index contributed by atoms with van der Waals surface area (Å²) in [6, 6.07) is 2.09. The van der Waals surface area contributed by atoms with Gasteiger partial charge in [-0.1, -0.05) is 0 Å². The van der Waals surface area contributed by atoms with Crippen molar-refractivity contribution in [1.29, 1.82) is 0 Å². The summed E-state index contributed by atoms with van der Waals surface area (Å²) in [6.07, 6.45) is 6.30. The lowest BCUT2D eigenvalue weighted by Gasteiger charge is -2.31. The summed E-state index contributed by atoms with van der Waals surface area (Å²) >= 11 is 0. The molecule has 1 saturated carbocycles. The van der Waals surface area contributed by atoms with Crippen molar-refractivity contribution < 1.29 is 9.53 Å². The fraction of sp³-hybridized carbons (Fsp3) is 0.611. The van der Waals surface area contributed by atoms with Crippen LogP contribution >= 0.6 is 0 Å². The molecule has 2 aromatic rings. The standard InChI is InChI=1S/C18H26N4O2/c1-11-9-12(2)22-17(20-11)16(10-19-22)18(23)21-13(3)14-5-7-15(24-4)8-6-14/h9-10,13-15H,5-8H2,1-4H3,(H,21,23)/t13-,14?,15?/m1/s1. The van der Waals surface area contributed by atoms with Crippen LogP contribution in [0, 0.1) is 19.8 Å². The van der Waals surface area contributed by atoms with Gasteiger partial charge in [0.15, 0.2) is 5.65 Å². The van der Waals surface area contributed by atoms with Crippen LogP contribution in [0.1, 0.15) is 54.4 Å². The van der Waals surface area contributed by atoms with Crippen molar-refractivity contribution in [2.24, 2.45) is 5.92 Å². The van der Waals surface area contributed by atoms with Crippen molar-refractivity contribution in [2.45, 2.75) is 58.6 Å². The van der Waals surface area contributed by atoms with E-state index in [0.29, 0.717) is 23.2 Å². The highest BCUT2D eigenvalue weighted by molar-refractivity contribution is 5.99. The number of aryl methyl sites for hydroxylation is 2. The second-order valence-corrected chi connectivity index (χ2v) is 6.87. The first-order valence-electron chi connectivity index (χ1n) is 8.65. The molecule has 2 heterocycles. The van der Waals surface area contributed by atoms with Crippen LogP contribution in [0.25, 0.3) is 5.65 Å². The van der Waals surface area contributed by atoms with Crippen LogP contribution in [0.3, 0.4) is 0 Å². The fourth-order valence-electron chi connectivity index (χ4n) is 3.66. The van der Waals surface area contributed by atoms with E-state index >= 15 is 0 Å². The van der Waals surface area contributed by atoms with Crippen molar-refractivity contribution in [3.8, 4) is 0 Å². The molecule has 0 spiro atoms. The van der Waals surface area contributed by atoms with Gasteiger partial charge in [-0.2, -0.15) is 5.10 Å². The Kier molecular flexibility index (Phi) is 4.85. The normalized spacial score (nSPS) is 22.5. The summed E-state index contributed by atoms with van der Waals surface area (Å²) in [6.45, 7) is 5.98. The van der Waals surface area contributed by atoms with Gasteiger partial charge in [-0.15, -0.1) is 0 Å². The van der Waals surface area contributed by atoms with E-state index in [1.54, 1.807) is 17.8 Å². The van der Waals surface area contributed by atoms with Gasteiger partial charge >= 0.3 is 0 Å². The van der Waals surface area contributed by atoms with Crippen molar-refractivity contribution in [2.75, 3.05) is 7.11 Å². The van der Waals surface area contributed by atoms with Crippen LogP contribution in [0.2, 0.25) is 0 Å². The number of fused-ring (bicyclic) bond motifs is 1. The average molecular weight is 330 g/mol. The van der Waals surface area contributed by atoms with Crippen molar-refractivity contribution >= 4 is 11.6 Å². The van der Waals surface area contributed by atoms with Gasteiger partial charge in [0.1, 0.15) is 5.56 Å². The highest BCUT2D eigenvalue weighted by Crippen LogP contribution is 2.28. The molecular formula is C18H26N4O2. The predicted molar refractivity (Wildman–Crippen MR) is 92.1 cm³/mol. The third-order valence-electron chi connectivity index (χ3n) is 5.14. The van der Waals surface area contributed by atoms with Crippen molar-refractivity contribution in [1.82, 2.24) is 19.9 Å². The van der Waals surface area contributed by atoms with Gasteiger partial charge in [-0.3, -0.25) is 4.79 Å². The maximum atomic E-state index is 12.7. The summed E-state index contributed by atoms with van der Waals surface area (Å²) in [4.78, 5) is 17.2. The zero-order chi connectivity index (χ0) is 17.3. The largest absolute Gasteiger partial charge is 0.381 e. The third-order valence-corrected chi connectivity index (χ3v) is 5.14. The smallest absolute Gasteiger partial charge is 0.256 e. The molecule has 2 aromatic heterocycles. The molecule has 0 saturated heterocycles. The summed E-state index contributed by atoms with van der Waals surface area (Å²) in [5.41, 5.74) is 3.03. The van der Waals surface area contributed by atoms with Gasteiger partial charge in [-0.25, -0.2) is 9.50 Å². The van der Waals surface area contributed by atoms with Gasteiger partial charge in [0.2, 0.25) is 0 Å². The number of amides is 1. The Balaban J connectivity index is 1.71. The molecule has 0 unspecified atom stereocenters. The fourth-order valence-corrected chi connectivity index (χ4v) is 3.66. The lowest BCUT2D eigenvalue weighted by molar-refractivity contribution is 0.0507. The van der Waals surface area contributed by atoms with E-state index in [1.165, 1.54) is 0 Å². The van der Waals surface area contributed by atoms with Crippen LogP contribution in [-0.2, 0) is 4.74 Å². The van der Waals surface area contributed by atoms with E-state index in [4.69, 9.17) is 4.74 Å². The molecule has 0 radical (unpaired) electrons. The number of nitrogens with zero attached hydrogens (tertiary/aromatic N) is 3. The monoisotopic (exact) mass is 330 g/mol. The summed E-state index contributed by atoms with van der Waals surface area (Å²) in [5, 5.41) is 7.44. The molecule has 24 heavy (non-hydrogen) atoms.